The Morgan fingerprint density at radius 1 is 1.13 bits per heavy atom. The highest BCUT2D eigenvalue weighted by Gasteiger charge is 2.25. The Kier molecular flexibility index (Phi) is 6.01. The highest BCUT2D eigenvalue weighted by atomic mass is 32.2. The standard InChI is InChI=1S/C22H27N3O4S/c1-6-21(26)25-10-9-16-12-17(7-8-20(16)25)22(27)23-19-13-18(11-14(2)15(19)3)30(28,29)24(4)5/h7-8,11-13H,6,9-10H2,1-5H3,(H,23,27). The first-order valence-electron chi connectivity index (χ1n) is 9.84. The van der Waals surface area contributed by atoms with Gasteiger partial charge in [-0.3, -0.25) is 9.59 Å². The molecule has 30 heavy (non-hydrogen) atoms. The molecule has 0 radical (unpaired) electrons. The number of sulfonamides is 1. The van der Waals surface area contributed by atoms with Crippen LogP contribution in [0.4, 0.5) is 11.4 Å². The molecule has 0 fully saturated rings. The van der Waals surface area contributed by atoms with Gasteiger partial charge in [-0.2, -0.15) is 0 Å². The van der Waals surface area contributed by atoms with Gasteiger partial charge < -0.3 is 10.2 Å². The number of fused-ring (bicyclic) bond motifs is 1. The predicted octanol–water partition coefficient (Wildman–Crippen LogP) is 3.11. The molecule has 0 atom stereocenters. The third kappa shape index (κ3) is 3.97. The van der Waals surface area contributed by atoms with E-state index < -0.39 is 10.0 Å². The third-order valence-electron chi connectivity index (χ3n) is 5.51. The van der Waals surface area contributed by atoms with Gasteiger partial charge in [-0.15, -0.1) is 0 Å². The van der Waals surface area contributed by atoms with Gasteiger partial charge in [0.25, 0.3) is 5.91 Å². The minimum atomic E-state index is -3.62. The molecule has 0 unspecified atom stereocenters. The van der Waals surface area contributed by atoms with E-state index in [1.807, 2.05) is 20.8 Å². The molecule has 1 N–H and O–H groups in total. The van der Waals surface area contributed by atoms with E-state index in [1.54, 1.807) is 29.2 Å². The van der Waals surface area contributed by atoms with Crippen LogP contribution in [0.2, 0.25) is 0 Å². The maximum Gasteiger partial charge on any atom is 0.255 e. The van der Waals surface area contributed by atoms with E-state index in [0.29, 0.717) is 30.6 Å². The summed E-state index contributed by atoms with van der Waals surface area (Å²) < 4.78 is 26.2. The number of carbonyl (C=O) groups excluding carboxylic acids is 2. The van der Waals surface area contributed by atoms with Crippen molar-refractivity contribution in [1.29, 1.82) is 0 Å². The molecule has 0 saturated heterocycles. The smallest absolute Gasteiger partial charge is 0.255 e. The van der Waals surface area contributed by atoms with Gasteiger partial charge in [-0.05, 0) is 67.3 Å². The second kappa shape index (κ2) is 8.20. The first kappa shape index (κ1) is 22.0. The average molecular weight is 430 g/mol. The van der Waals surface area contributed by atoms with Crippen LogP contribution in [0.5, 0.6) is 0 Å². The fraction of sp³-hybridized carbons (Fsp3) is 0.364. The van der Waals surface area contributed by atoms with E-state index in [9.17, 15) is 18.0 Å². The van der Waals surface area contributed by atoms with Crippen molar-refractivity contribution in [3.05, 3.63) is 52.6 Å². The van der Waals surface area contributed by atoms with Gasteiger partial charge in [0.15, 0.2) is 0 Å². The second-order valence-corrected chi connectivity index (χ2v) is 9.80. The molecule has 2 aromatic rings. The van der Waals surface area contributed by atoms with Crippen LogP contribution in [-0.2, 0) is 21.2 Å². The summed E-state index contributed by atoms with van der Waals surface area (Å²) in [6.45, 7) is 6.11. The molecule has 0 spiro atoms. The molecule has 1 heterocycles. The highest BCUT2D eigenvalue weighted by molar-refractivity contribution is 7.89. The molecule has 2 aromatic carbocycles. The topological polar surface area (TPSA) is 86.8 Å². The summed E-state index contributed by atoms with van der Waals surface area (Å²) in [4.78, 5) is 26.8. The normalized spacial score (nSPS) is 13.5. The Labute approximate surface area is 177 Å². The largest absolute Gasteiger partial charge is 0.322 e. The highest BCUT2D eigenvalue weighted by Crippen LogP contribution is 2.30. The number of rotatable bonds is 5. The Morgan fingerprint density at radius 2 is 1.83 bits per heavy atom. The lowest BCUT2D eigenvalue weighted by Gasteiger charge is -2.17. The molecule has 160 valence electrons. The minimum Gasteiger partial charge on any atom is -0.322 e. The summed E-state index contributed by atoms with van der Waals surface area (Å²) in [5, 5.41) is 2.85. The van der Waals surface area contributed by atoms with Crippen LogP contribution in [-0.4, -0.2) is 45.2 Å². The van der Waals surface area contributed by atoms with Crippen molar-refractivity contribution in [3.63, 3.8) is 0 Å². The van der Waals surface area contributed by atoms with E-state index in [1.165, 1.54) is 20.2 Å². The first-order valence-corrected chi connectivity index (χ1v) is 11.3. The van der Waals surface area contributed by atoms with Crippen LogP contribution in [0.25, 0.3) is 0 Å². The van der Waals surface area contributed by atoms with E-state index in [0.717, 1.165) is 26.7 Å². The van der Waals surface area contributed by atoms with Gasteiger partial charge in [0.1, 0.15) is 0 Å². The van der Waals surface area contributed by atoms with Gasteiger partial charge in [-0.1, -0.05) is 6.92 Å². The number of nitrogens with one attached hydrogen (secondary N) is 1. The fourth-order valence-corrected chi connectivity index (χ4v) is 4.52. The maximum absolute atomic E-state index is 12.9. The number of hydrogen-bond acceptors (Lipinski definition) is 4. The molecule has 7 nitrogen and oxygen atoms in total. The SMILES string of the molecule is CCC(=O)N1CCc2cc(C(=O)Nc3cc(S(=O)(=O)N(C)C)cc(C)c3C)ccc21. The third-order valence-corrected chi connectivity index (χ3v) is 7.30. The average Bonchev–Trinajstić information content (AvgIpc) is 3.13. The lowest BCUT2D eigenvalue weighted by Crippen LogP contribution is -2.27. The molecule has 1 aliphatic rings. The summed E-state index contributed by atoms with van der Waals surface area (Å²) in [5.41, 5.74) is 4.32. The monoisotopic (exact) mass is 429 g/mol. The number of hydrogen-bond donors (Lipinski definition) is 1. The van der Waals surface area contributed by atoms with E-state index in [2.05, 4.69) is 5.32 Å². The summed E-state index contributed by atoms with van der Waals surface area (Å²) >= 11 is 0. The Bertz CT molecular complexity index is 1120. The van der Waals surface area contributed by atoms with Crippen LogP contribution in [0.3, 0.4) is 0 Å². The second-order valence-electron chi connectivity index (χ2n) is 7.65. The molecule has 8 heteroatoms. The van der Waals surface area contributed by atoms with Crippen LogP contribution >= 0.6 is 0 Å². The summed E-state index contributed by atoms with van der Waals surface area (Å²) in [5.74, 6) is -0.254. The van der Waals surface area contributed by atoms with Crippen LogP contribution in [0.1, 0.15) is 40.4 Å². The molecule has 0 bridgehead atoms. The first-order chi connectivity index (χ1) is 14.1. The van der Waals surface area contributed by atoms with E-state index in [-0.39, 0.29) is 16.7 Å². The van der Waals surface area contributed by atoms with Crippen molar-refractivity contribution >= 4 is 33.2 Å². The number of amides is 2. The van der Waals surface area contributed by atoms with Gasteiger partial charge >= 0.3 is 0 Å². The van der Waals surface area contributed by atoms with Crippen LogP contribution < -0.4 is 10.2 Å². The number of benzene rings is 2. The lowest BCUT2D eigenvalue weighted by molar-refractivity contribution is -0.118. The number of carbonyl (C=O) groups is 2. The van der Waals surface area contributed by atoms with E-state index >= 15 is 0 Å². The van der Waals surface area contributed by atoms with Crippen molar-refractivity contribution in [2.45, 2.75) is 38.5 Å². The minimum absolute atomic E-state index is 0.0657. The Balaban J connectivity index is 1.90. The van der Waals surface area contributed by atoms with Gasteiger partial charge in [0, 0.05) is 44.0 Å². The quantitative estimate of drug-likeness (QED) is 0.791. The molecule has 1 aliphatic heterocycles. The zero-order chi connectivity index (χ0) is 22.2. The molecular weight excluding hydrogens is 402 g/mol. The number of anilines is 2. The van der Waals surface area contributed by atoms with Crippen molar-refractivity contribution in [2.75, 3.05) is 30.9 Å². The lowest BCUT2D eigenvalue weighted by atomic mass is 10.1. The summed E-state index contributed by atoms with van der Waals surface area (Å²) in [7, 11) is -0.675. The van der Waals surface area contributed by atoms with Crippen LogP contribution in [0, 0.1) is 13.8 Å². The maximum atomic E-state index is 12.9. The van der Waals surface area contributed by atoms with Crippen molar-refractivity contribution in [3.8, 4) is 0 Å². The van der Waals surface area contributed by atoms with Gasteiger partial charge in [0.2, 0.25) is 15.9 Å². The molecule has 0 saturated carbocycles. The molecule has 3 rings (SSSR count). The molecule has 0 aromatic heterocycles. The molecular formula is C22H27N3O4S. The zero-order valence-corrected chi connectivity index (χ0v) is 18.8. The summed E-state index contributed by atoms with van der Waals surface area (Å²) in [6.07, 6.45) is 1.14. The van der Waals surface area contributed by atoms with E-state index in [4.69, 9.17) is 0 Å². The zero-order valence-electron chi connectivity index (χ0n) is 17.9. The van der Waals surface area contributed by atoms with Gasteiger partial charge in [0.05, 0.1) is 4.90 Å². The van der Waals surface area contributed by atoms with Crippen LogP contribution in [0.15, 0.2) is 35.2 Å². The van der Waals surface area contributed by atoms with Crippen molar-refractivity contribution in [2.24, 2.45) is 0 Å². The number of nitrogens with zero attached hydrogens (tertiary/aromatic N) is 2. The molecule has 2 amide bonds. The van der Waals surface area contributed by atoms with Gasteiger partial charge in [-0.25, -0.2) is 12.7 Å². The molecule has 0 aliphatic carbocycles. The predicted molar refractivity (Wildman–Crippen MR) is 118 cm³/mol. The van der Waals surface area contributed by atoms with Crippen molar-refractivity contribution in [1.82, 2.24) is 4.31 Å². The number of aryl methyl sites for hydroxylation is 1. The summed E-state index contributed by atoms with van der Waals surface area (Å²) in [6, 6.07) is 8.39. The Hall–Kier alpha value is -2.71. The van der Waals surface area contributed by atoms with Crippen molar-refractivity contribution < 1.29 is 18.0 Å². The Morgan fingerprint density at radius 3 is 2.47 bits per heavy atom. The fourth-order valence-electron chi connectivity index (χ4n) is 3.50.